The Morgan fingerprint density at radius 1 is 2.00 bits per heavy atom. The summed E-state index contributed by atoms with van der Waals surface area (Å²) in [4.78, 5) is 10.0. The van der Waals surface area contributed by atoms with Crippen molar-refractivity contribution >= 4 is 5.78 Å². The molecule has 0 fully saturated rings. The fourth-order valence-corrected chi connectivity index (χ4v) is 0.121. The highest BCUT2D eigenvalue weighted by Crippen LogP contribution is 1.77. The zero-order valence-corrected chi connectivity index (χ0v) is 4.01. The molecule has 0 bridgehead atoms. The van der Waals surface area contributed by atoms with E-state index in [-0.39, 0.29) is 0 Å². The van der Waals surface area contributed by atoms with Crippen LogP contribution in [0, 0.1) is 12.3 Å². The second kappa shape index (κ2) is 2.38. The Morgan fingerprint density at radius 2 is 2.43 bits per heavy atom. The molecular weight excluding hydrogens is 92.1 g/mol. The Bertz CT molecular complexity index is 108. The molecule has 0 aromatic rings. The number of hydrogen-bond acceptors (Lipinski definition) is 2. The number of aliphatic hydroxyl groups is 1. The molecule has 0 aliphatic carbocycles. The SMILES string of the molecule is C#CC(=O)C(C)O. The Morgan fingerprint density at radius 3 is 2.43 bits per heavy atom. The molecule has 7 heavy (non-hydrogen) atoms. The molecule has 0 aliphatic rings. The Hall–Kier alpha value is -0.810. The van der Waals surface area contributed by atoms with Crippen LogP contribution >= 0.6 is 0 Å². The van der Waals surface area contributed by atoms with Gasteiger partial charge in [0.25, 0.3) is 0 Å². The van der Waals surface area contributed by atoms with Gasteiger partial charge in [-0.1, -0.05) is 0 Å². The normalized spacial score (nSPS) is 12.1. The summed E-state index contributed by atoms with van der Waals surface area (Å²) in [5.74, 6) is 1.21. The number of carbonyl (C=O) groups is 1. The van der Waals surface area contributed by atoms with Crippen LogP contribution in [0.15, 0.2) is 0 Å². The molecule has 0 amide bonds. The maximum absolute atomic E-state index is 10.0. The van der Waals surface area contributed by atoms with Gasteiger partial charge in [0, 0.05) is 0 Å². The van der Waals surface area contributed by atoms with Crippen molar-refractivity contribution in [3.05, 3.63) is 0 Å². The summed E-state index contributed by atoms with van der Waals surface area (Å²) in [7, 11) is 0. The number of terminal acetylenes is 1. The molecule has 0 aromatic carbocycles. The molecule has 1 unspecified atom stereocenters. The van der Waals surface area contributed by atoms with Gasteiger partial charge < -0.3 is 5.11 Å². The predicted molar refractivity (Wildman–Crippen MR) is 25.5 cm³/mol. The van der Waals surface area contributed by atoms with Gasteiger partial charge in [-0.3, -0.25) is 4.79 Å². The summed E-state index contributed by atoms with van der Waals surface area (Å²) in [5.41, 5.74) is 0. The van der Waals surface area contributed by atoms with Crippen LogP contribution in [0.25, 0.3) is 0 Å². The average molecular weight is 98.1 g/mol. The van der Waals surface area contributed by atoms with Gasteiger partial charge in [-0.25, -0.2) is 0 Å². The average Bonchev–Trinajstić information content (AvgIpc) is 1.65. The standard InChI is InChI=1S/C5H6O2/c1-3-5(7)4(2)6/h1,4,6H,2H3. The highest BCUT2D eigenvalue weighted by molar-refractivity contribution is 5.97. The third-order valence-corrected chi connectivity index (χ3v) is 0.522. The van der Waals surface area contributed by atoms with Crippen molar-refractivity contribution in [1.82, 2.24) is 0 Å². The first-order valence-corrected chi connectivity index (χ1v) is 1.87. The van der Waals surface area contributed by atoms with Crippen LogP contribution in [0.3, 0.4) is 0 Å². The lowest BCUT2D eigenvalue weighted by molar-refractivity contribution is -0.120. The Kier molecular flexibility index (Phi) is 2.10. The summed E-state index contributed by atoms with van der Waals surface area (Å²) < 4.78 is 0. The first-order chi connectivity index (χ1) is 3.18. The minimum atomic E-state index is -1.01. The maximum atomic E-state index is 10.0. The molecule has 1 N–H and O–H groups in total. The number of rotatable bonds is 1. The number of hydrogen-bond donors (Lipinski definition) is 1. The van der Waals surface area contributed by atoms with Gasteiger partial charge in [-0.15, -0.1) is 6.42 Å². The van der Waals surface area contributed by atoms with Crippen LogP contribution in [0.2, 0.25) is 0 Å². The smallest absolute Gasteiger partial charge is 0.233 e. The fourth-order valence-electron chi connectivity index (χ4n) is 0.121. The molecule has 0 saturated heterocycles. The predicted octanol–water partition coefficient (Wildman–Crippen LogP) is -0.431. The lowest BCUT2D eigenvalue weighted by Crippen LogP contribution is -2.12. The molecule has 0 rings (SSSR count). The number of carbonyl (C=O) groups excluding carboxylic acids is 1. The molecule has 2 nitrogen and oxygen atoms in total. The first kappa shape index (κ1) is 6.19. The Labute approximate surface area is 42.2 Å². The number of Topliss-reactive ketones (excluding diaryl/α,β-unsaturated/α-hetero) is 1. The van der Waals surface area contributed by atoms with Gasteiger partial charge in [0.1, 0.15) is 6.10 Å². The summed E-state index contributed by atoms with van der Waals surface area (Å²) in [6.07, 6.45) is 3.60. The highest BCUT2D eigenvalue weighted by atomic mass is 16.3. The van der Waals surface area contributed by atoms with E-state index in [0.29, 0.717) is 0 Å². The zero-order valence-electron chi connectivity index (χ0n) is 4.01. The van der Waals surface area contributed by atoms with E-state index in [1.165, 1.54) is 6.92 Å². The summed E-state index contributed by atoms with van der Waals surface area (Å²) in [6, 6.07) is 0. The lowest BCUT2D eigenvalue weighted by Gasteiger charge is -1.89. The van der Waals surface area contributed by atoms with E-state index in [2.05, 4.69) is 6.42 Å². The van der Waals surface area contributed by atoms with Gasteiger partial charge in [0.15, 0.2) is 0 Å². The maximum Gasteiger partial charge on any atom is 0.233 e. The molecule has 0 aliphatic heterocycles. The van der Waals surface area contributed by atoms with E-state index in [9.17, 15) is 4.79 Å². The minimum Gasteiger partial charge on any atom is -0.385 e. The van der Waals surface area contributed by atoms with Crippen molar-refractivity contribution in [2.24, 2.45) is 0 Å². The minimum absolute atomic E-state index is 0.569. The van der Waals surface area contributed by atoms with Crippen LogP contribution in [-0.2, 0) is 4.79 Å². The van der Waals surface area contributed by atoms with E-state index in [1.54, 1.807) is 5.92 Å². The van der Waals surface area contributed by atoms with Crippen molar-refractivity contribution in [1.29, 1.82) is 0 Å². The largest absolute Gasteiger partial charge is 0.385 e. The third kappa shape index (κ3) is 1.96. The second-order valence-corrected chi connectivity index (χ2v) is 1.18. The molecule has 38 valence electrons. The van der Waals surface area contributed by atoms with E-state index >= 15 is 0 Å². The molecular formula is C5H6O2. The summed E-state index contributed by atoms with van der Waals surface area (Å²) in [5, 5.41) is 8.33. The number of ketones is 1. The van der Waals surface area contributed by atoms with Gasteiger partial charge in [-0.2, -0.15) is 0 Å². The van der Waals surface area contributed by atoms with Crippen LogP contribution < -0.4 is 0 Å². The molecule has 0 aromatic heterocycles. The molecule has 0 heterocycles. The molecule has 1 atom stereocenters. The quantitative estimate of drug-likeness (QED) is 0.357. The van der Waals surface area contributed by atoms with Crippen molar-refractivity contribution in [3.63, 3.8) is 0 Å². The van der Waals surface area contributed by atoms with Gasteiger partial charge in [0.05, 0.1) is 0 Å². The Balaban J connectivity index is 3.64. The van der Waals surface area contributed by atoms with Gasteiger partial charge in [-0.05, 0) is 12.8 Å². The summed E-state index contributed by atoms with van der Waals surface area (Å²) >= 11 is 0. The topological polar surface area (TPSA) is 37.3 Å². The second-order valence-electron chi connectivity index (χ2n) is 1.18. The van der Waals surface area contributed by atoms with Crippen molar-refractivity contribution in [2.75, 3.05) is 0 Å². The zero-order chi connectivity index (χ0) is 5.86. The van der Waals surface area contributed by atoms with E-state index in [1.807, 2.05) is 0 Å². The van der Waals surface area contributed by atoms with Crippen molar-refractivity contribution in [3.8, 4) is 12.3 Å². The highest BCUT2D eigenvalue weighted by Gasteiger charge is 2.01. The molecule has 2 heteroatoms. The third-order valence-electron chi connectivity index (χ3n) is 0.522. The lowest BCUT2D eigenvalue weighted by atomic mass is 10.3. The van der Waals surface area contributed by atoms with Gasteiger partial charge in [0.2, 0.25) is 5.78 Å². The summed E-state index contributed by atoms with van der Waals surface area (Å²) in [6.45, 7) is 1.34. The first-order valence-electron chi connectivity index (χ1n) is 1.87. The van der Waals surface area contributed by atoms with Crippen molar-refractivity contribution in [2.45, 2.75) is 13.0 Å². The molecule has 0 spiro atoms. The van der Waals surface area contributed by atoms with Crippen LogP contribution in [-0.4, -0.2) is 17.0 Å². The molecule has 0 radical (unpaired) electrons. The monoisotopic (exact) mass is 98.0 g/mol. The van der Waals surface area contributed by atoms with Gasteiger partial charge >= 0.3 is 0 Å². The van der Waals surface area contributed by atoms with Crippen LogP contribution in [0.4, 0.5) is 0 Å². The van der Waals surface area contributed by atoms with E-state index in [4.69, 9.17) is 5.11 Å². The van der Waals surface area contributed by atoms with E-state index in [0.717, 1.165) is 0 Å². The molecule has 0 saturated carbocycles. The van der Waals surface area contributed by atoms with Crippen molar-refractivity contribution < 1.29 is 9.90 Å². The van der Waals surface area contributed by atoms with Crippen LogP contribution in [0.5, 0.6) is 0 Å². The van der Waals surface area contributed by atoms with E-state index < -0.39 is 11.9 Å². The fraction of sp³-hybridized carbons (Fsp3) is 0.400. The number of aliphatic hydroxyl groups excluding tert-OH is 1. The van der Waals surface area contributed by atoms with Crippen LogP contribution in [0.1, 0.15) is 6.92 Å².